The molecule has 0 saturated heterocycles. The Balaban J connectivity index is 2.76. The average Bonchev–Trinajstić information content (AvgIpc) is 2.36. The Kier molecular flexibility index (Phi) is 4.51. The number of hydrogen-bond donors (Lipinski definition) is 1. The largest absolute Gasteiger partial charge is 0.481 e. The van der Waals surface area contributed by atoms with Gasteiger partial charge in [0.2, 0.25) is 17.7 Å². The van der Waals surface area contributed by atoms with Gasteiger partial charge in [-0.15, -0.1) is 0 Å². The number of rotatable bonds is 6. The third-order valence-corrected chi connectivity index (χ3v) is 2.32. The van der Waals surface area contributed by atoms with Crippen molar-refractivity contribution in [3.63, 3.8) is 0 Å². The molecule has 0 aromatic carbocycles. The first-order valence-electron chi connectivity index (χ1n) is 5.27. The molecule has 17 heavy (non-hydrogen) atoms. The fourth-order valence-electron chi connectivity index (χ4n) is 1.06. The maximum Gasteiger partial charge on any atom is 0.229 e. The SMILES string of the molecule is COc1cc(OC)nc(NCC(C)(C)OC)n1. The molecule has 0 aliphatic heterocycles. The summed E-state index contributed by atoms with van der Waals surface area (Å²) in [5.74, 6) is 1.36. The summed E-state index contributed by atoms with van der Waals surface area (Å²) in [6.45, 7) is 4.52. The van der Waals surface area contributed by atoms with Gasteiger partial charge in [0.25, 0.3) is 0 Å². The van der Waals surface area contributed by atoms with Gasteiger partial charge in [-0.05, 0) is 13.8 Å². The lowest BCUT2D eigenvalue weighted by Crippen LogP contribution is -2.32. The van der Waals surface area contributed by atoms with Crippen LogP contribution in [0, 0.1) is 0 Å². The maximum absolute atomic E-state index is 5.29. The molecule has 0 spiro atoms. The molecule has 1 aromatic rings. The number of aromatic nitrogens is 2. The minimum atomic E-state index is -0.292. The molecule has 0 bridgehead atoms. The first kappa shape index (κ1) is 13.5. The van der Waals surface area contributed by atoms with E-state index in [1.54, 1.807) is 27.4 Å². The molecule has 96 valence electrons. The standard InChI is InChI=1S/C11H19N3O3/c1-11(2,17-5)7-12-10-13-8(15-3)6-9(14-10)16-4/h6H,7H2,1-5H3,(H,12,13,14). The average molecular weight is 241 g/mol. The molecule has 0 atom stereocenters. The van der Waals surface area contributed by atoms with E-state index in [-0.39, 0.29) is 5.60 Å². The zero-order chi connectivity index (χ0) is 12.9. The molecule has 0 aliphatic carbocycles. The normalized spacial score (nSPS) is 11.1. The van der Waals surface area contributed by atoms with Crippen molar-refractivity contribution < 1.29 is 14.2 Å². The second kappa shape index (κ2) is 5.67. The molecular formula is C11H19N3O3. The van der Waals surface area contributed by atoms with Crippen molar-refractivity contribution >= 4 is 5.95 Å². The molecule has 6 heteroatoms. The van der Waals surface area contributed by atoms with E-state index < -0.39 is 0 Å². The molecule has 0 aliphatic rings. The molecule has 1 heterocycles. The Bertz CT molecular complexity index is 347. The summed E-state index contributed by atoms with van der Waals surface area (Å²) in [6.07, 6.45) is 0. The lowest BCUT2D eigenvalue weighted by atomic mass is 10.1. The number of anilines is 1. The van der Waals surface area contributed by atoms with Gasteiger partial charge in [-0.2, -0.15) is 9.97 Å². The molecule has 1 N–H and O–H groups in total. The third kappa shape index (κ3) is 4.07. The Morgan fingerprint density at radius 1 is 1.12 bits per heavy atom. The first-order chi connectivity index (χ1) is 8.00. The number of ether oxygens (including phenoxy) is 3. The molecule has 0 saturated carbocycles. The van der Waals surface area contributed by atoms with Gasteiger partial charge in [0.05, 0.1) is 25.9 Å². The van der Waals surface area contributed by atoms with Crippen LogP contribution < -0.4 is 14.8 Å². The Morgan fingerprint density at radius 2 is 1.65 bits per heavy atom. The highest BCUT2D eigenvalue weighted by atomic mass is 16.5. The van der Waals surface area contributed by atoms with E-state index in [2.05, 4.69) is 15.3 Å². The van der Waals surface area contributed by atoms with Crippen LogP contribution in [-0.4, -0.2) is 43.4 Å². The third-order valence-electron chi connectivity index (χ3n) is 2.32. The number of nitrogens with one attached hydrogen (secondary N) is 1. The predicted octanol–water partition coefficient (Wildman–Crippen LogP) is 1.33. The van der Waals surface area contributed by atoms with E-state index in [9.17, 15) is 0 Å². The van der Waals surface area contributed by atoms with Gasteiger partial charge >= 0.3 is 0 Å². The Morgan fingerprint density at radius 3 is 2.06 bits per heavy atom. The van der Waals surface area contributed by atoms with Crippen LogP contribution in [-0.2, 0) is 4.74 Å². The fourth-order valence-corrected chi connectivity index (χ4v) is 1.06. The van der Waals surface area contributed by atoms with E-state index in [0.29, 0.717) is 24.3 Å². The summed E-state index contributed by atoms with van der Waals surface area (Å²) in [6, 6.07) is 1.62. The number of nitrogens with zero attached hydrogens (tertiary/aromatic N) is 2. The van der Waals surface area contributed by atoms with Gasteiger partial charge in [-0.3, -0.25) is 0 Å². The molecule has 0 unspecified atom stereocenters. The van der Waals surface area contributed by atoms with E-state index in [1.807, 2.05) is 13.8 Å². The minimum absolute atomic E-state index is 0.292. The Labute approximate surface area is 101 Å². The van der Waals surface area contributed by atoms with E-state index in [1.165, 1.54) is 0 Å². The van der Waals surface area contributed by atoms with Crippen LogP contribution in [0.15, 0.2) is 6.07 Å². The second-order valence-electron chi connectivity index (χ2n) is 4.09. The van der Waals surface area contributed by atoms with Crippen LogP contribution in [0.2, 0.25) is 0 Å². The highest BCUT2D eigenvalue weighted by molar-refractivity contribution is 5.33. The smallest absolute Gasteiger partial charge is 0.229 e. The van der Waals surface area contributed by atoms with Crippen molar-refractivity contribution in [2.45, 2.75) is 19.4 Å². The van der Waals surface area contributed by atoms with Gasteiger partial charge in [0.15, 0.2) is 0 Å². The first-order valence-corrected chi connectivity index (χ1v) is 5.27. The Hall–Kier alpha value is -1.56. The zero-order valence-electron chi connectivity index (χ0n) is 10.9. The topological polar surface area (TPSA) is 65.5 Å². The van der Waals surface area contributed by atoms with E-state index in [0.717, 1.165) is 0 Å². The fraction of sp³-hybridized carbons (Fsp3) is 0.636. The monoisotopic (exact) mass is 241 g/mol. The van der Waals surface area contributed by atoms with Crippen molar-refractivity contribution in [3.8, 4) is 11.8 Å². The lowest BCUT2D eigenvalue weighted by Gasteiger charge is -2.23. The highest BCUT2D eigenvalue weighted by Gasteiger charge is 2.16. The van der Waals surface area contributed by atoms with Crippen LogP contribution in [0.1, 0.15) is 13.8 Å². The van der Waals surface area contributed by atoms with Crippen molar-refractivity contribution in [2.24, 2.45) is 0 Å². The van der Waals surface area contributed by atoms with Crippen LogP contribution in [0.25, 0.3) is 0 Å². The molecule has 1 aromatic heterocycles. The van der Waals surface area contributed by atoms with Crippen LogP contribution in [0.5, 0.6) is 11.8 Å². The van der Waals surface area contributed by atoms with Crippen LogP contribution in [0.3, 0.4) is 0 Å². The maximum atomic E-state index is 5.29. The molecule has 0 fully saturated rings. The highest BCUT2D eigenvalue weighted by Crippen LogP contribution is 2.18. The van der Waals surface area contributed by atoms with E-state index in [4.69, 9.17) is 14.2 Å². The quantitative estimate of drug-likeness (QED) is 0.810. The molecule has 6 nitrogen and oxygen atoms in total. The summed E-state index contributed by atoms with van der Waals surface area (Å²) < 4.78 is 15.4. The number of methoxy groups -OCH3 is 3. The van der Waals surface area contributed by atoms with Crippen molar-refractivity contribution in [1.29, 1.82) is 0 Å². The summed E-state index contributed by atoms with van der Waals surface area (Å²) >= 11 is 0. The summed E-state index contributed by atoms with van der Waals surface area (Å²) in [5, 5.41) is 3.08. The lowest BCUT2D eigenvalue weighted by molar-refractivity contribution is 0.0342. The van der Waals surface area contributed by atoms with E-state index >= 15 is 0 Å². The van der Waals surface area contributed by atoms with Gasteiger partial charge in [-0.1, -0.05) is 0 Å². The number of hydrogen-bond acceptors (Lipinski definition) is 6. The van der Waals surface area contributed by atoms with Crippen molar-refractivity contribution in [3.05, 3.63) is 6.07 Å². The van der Waals surface area contributed by atoms with Crippen LogP contribution in [0.4, 0.5) is 5.95 Å². The summed E-state index contributed by atoms with van der Waals surface area (Å²) in [7, 11) is 4.75. The van der Waals surface area contributed by atoms with Gasteiger partial charge in [0, 0.05) is 13.7 Å². The summed E-state index contributed by atoms with van der Waals surface area (Å²) in [5.41, 5.74) is -0.292. The zero-order valence-corrected chi connectivity index (χ0v) is 10.9. The molecule has 1 rings (SSSR count). The molecule has 0 amide bonds. The predicted molar refractivity (Wildman–Crippen MR) is 64.7 cm³/mol. The second-order valence-corrected chi connectivity index (χ2v) is 4.09. The van der Waals surface area contributed by atoms with Gasteiger partial charge in [0.1, 0.15) is 0 Å². The van der Waals surface area contributed by atoms with Gasteiger partial charge in [-0.25, -0.2) is 0 Å². The van der Waals surface area contributed by atoms with Crippen molar-refractivity contribution in [1.82, 2.24) is 9.97 Å². The summed E-state index contributed by atoms with van der Waals surface area (Å²) in [4.78, 5) is 8.31. The van der Waals surface area contributed by atoms with Crippen molar-refractivity contribution in [2.75, 3.05) is 33.2 Å². The minimum Gasteiger partial charge on any atom is -0.481 e. The molecular weight excluding hydrogens is 222 g/mol. The van der Waals surface area contributed by atoms with Crippen LogP contribution >= 0.6 is 0 Å². The molecule has 0 radical (unpaired) electrons. The van der Waals surface area contributed by atoms with Gasteiger partial charge < -0.3 is 19.5 Å².